The first-order valence-corrected chi connectivity index (χ1v) is 12.1. The molecule has 1 unspecified atom stereocenters. The molecule has 0 saturated heterocycles. The second-order valence-electron chi connectivity index (χ2n) is 7.26. The van der Waals surface area contributed by atoms with Crippen molar-refractivity contribution < 1.29 is 34.6 Å². The van der Waals surface area contributed by atoms with Gasteiger partial charge < -0.3 is 10.9 Å². The van der Waals surface area contributed by atoms with E-state index in [0.717, 1.165) is 16.4 Å². The van der Waals surface area contributed by atoms with Crippen LogP contribution in [0.1, 0.15) is 22.9 Å². The summed E-state index contributed by atoms with van der Waals surface area (Å²) < 4.78 is 12.1. The maximum absolute atomic E-state index is 13.0. The van der Waals surface area contributed by atoms with E-state index in [0.29, 0.717) is 40.3 Å². The number of benzene rings is 4. The molecule has 0 N–H and O–H groups in total. The average molecular weight is 503 g/mol. The van der Waals surface area contributed by atoms with Crippen molar-refractivity contribution in [3.63, 3.8) is 0 Å². The summed E-state index contributed by atoms with van der Waals surface area (Å²) in [5.41, 5.74) is 2.28. The van der Waals surface area contributed by atoms with Gasteiger partial charge in [-0.25, -0.2) is 0 Å². The Bertz CT molecular complexity index is 1220. The van der Waals surface area contributed by atoms with E-state index < -0.39 is 0 Å². The van der Waals surface area contributed by atoms with Crippen LogP contribution in [0.3, 0.4) is 0 Å². The molecule has 34 heavy (non-hydrogen) atoms. The largest absolute Gasteiger partial charge is 1.00 e. The second-order valence-corrected chi connectivity index (χ2v) is 9.31. The molecule has 0 aliphatic heterocycles. The molecule has 0 radical (unpaired) electrons. The molecule has 0 bridgehead atoms. The van der Waals surface area contributed by atoms with Gasteiger partial charge in [0.25, 0.3) is 0 Å². The predicted molar refractivity (Wildman–Crippen MR) is 138 cm³/mol. The maximum Gasteiger partial charge on any atom is 1.00 e. The first-order chi connectivity index (χ1) is 16.1. The molecule has 3 nitrogen and oxygen atoms in total. The number of rotatable bonds is 9. The number of ether oxygens (including phenoxy) is 2. The third kappa shape index (κ3) is 7.13. The van der Waals surface area contributed by atoms with Crippen LogP contribution in [0.25, 0.3) is 0 Å². The van der Waals surface area contributed by atoms with Gasteiger partial charge in [-0.1, -0.05) is 89.9 Å². The smallest absolute Gasteiger partial charge is 1.00 e. The van der Waals surface area contributed by atoms with Crippen molar-refractivity contribution in [3.05, 3.63) is 124 Å². The van der Waals surface area contributed by atoms with E-state index in [-0.39, 0.29) is 34.4 Å². The summed E-state index contributed by atoms with van der Waals surface area (Å²) in [6.07, 6.45) is 0. The van der Waals surface area contributed by atoms with Gasteiger partial charge in [-0.15, -0.1) is 0 Å². The third-order valence-electron chi connectivity index (χ3n) is 4.88. The van der Waals surface area contributed by atoms with Crippen molar-refractivity contribution in [3.8, 4) is 11.5 Å². The molecule has 0 fully saturated rings. The van der Waals surface area contributed by atoms with Crippen LogP contribution in [0.2, 0.25) is 10.0 Å². The van der Waals surface area contributed by atoms with Gasteiger partial charge in [0.05, 0.1) is 15.6 Å². The Hall–Kier alpha value is -2.24. The van der Waals surface area contributed by atoms with Gasteiger partial charge in [-0.2, -0.15) is 0 Å². The van der Waals surface area contributed by atoms with Crippen molar-refractivity contribution in [1.82, 2.24) is 0 Å². The summed E-state index contributed by atoms with van der Waals surface area (Å²) >= 11 is 12.5. The molecule has 0 saturated carbocycles. The molecular weight excluding hydrogens is 481 g/mol. The Balaban J connectivity index is 0.00000216. The van der Waals surface area contributed by atoms with Gasteiger partial charge >= 0.3 is 18.9 Å². The molecule has 4 aromatic rings. The van der Waals surface area contributed by atoms with Gasteiger partial charge in [-0.05, 0) is 44.0 Å². The molecule has 0 aliphatic rings. The van der Waals surface area contributed by atoms with E-state index in [1.54, 1.807) is 18.2 Å². The van der Waals surface area contributed by atoms with E-state index in [4.69, 9.17) is 32.7 Å². The van der Waals surface area contributed by atoms with Gasteiger partial charge in [-0.3, -0.25) is 4.79 Å². The Morgan fingerprint density at radius 1 is 0.735 bits per heavy atom. The van der Waals surface area contributed by atoms with Crippen LogP contribution in [0.15, 0.2) is 97.1 Å². The molecule has 4 rings (SSSR count). The Labute approximate surface area is 224 Å². The van der Waals surface area contributed by atoms with E-state index in [1.807, 2.05) is 78.9 Å². The Morgan fingerprint density at radius 2 is 1.29 bits per heavy atom. The SMILES string of the molecule is O=C(Pc1ccc(OCc2ccccc2)cc1OCc1ccccc1)c1c(Cl)cccc1Cl.[H-].[Li+]. The molecule has 0 spiro atoms. The monoisotopic (exact) mass is 502 g/mol. The van der Waals surface area contributed by atoms with Crippen LogP contribution in [0.4, 0.5) is 0 Å². The van der Waals surface area contributed by atoms with Gasteiger partial charge in [0.1, 0.15) is 24.7 Å². The van der Waals surface area contributed by atoms with Crippen LogP contribution in [-0.4, -0.2) is 5.52 Å². The van der Waals surface area contributed by atoms with Gasteiger partial charge in [0.2, 0.25) is 0 Å². The van der Waals surface area contributed by atoms with Crippen LogP contribution in [0.5, 0.6) is 11.5 Å². The summed E-state index contributed by atoms with van der Waals surface area (Å²) in [5, 5.41) is 1.45. The van der Waals surface area contributed by atoms with Gasteiger partial charge in [0.15, 0.2) is 5.52 Å². The van der Waals surface area contributed by atoms with Gasteiger partial charge in [0, 0.05) is 11.4 Å². The Kier molecular flexibility index (Phi) is 10.1. The fraction of sp³-hybridized carbons (Fsp3) is 0.0741. The minimum Gasteiger partial charge on any atom is -1.00 e. The normalized spacial score (nSPS) is 10.6. The predicted octanol–water partition coefficient (Wildman–Crippen LogP) is 4.41. The molecule has 0 amide bonds. The van der Waals surface area contributed by atoms with Crippen molar-refractivity contribution in [2.75, 3.05) is 0 Å². The van der Waals surface area contributed by atoms with Crippen LogP contribution in [0, 0.1) is 0 Å². The molecule has 7 heteroatoms. The van der Waals surface area contributed by atoms with Crippen LogP contribution in [-0.2, 0) is 13.2 Å². The van der Waals surface area contributed by atoms with Crippen molar-refractivity contribution in [2.24, 2.45) is 0 Å². The minimum absolute atomic E-state index is 0. The first kappa shape index (κ1) is 26.4. The van der Waals surface area contributed by atoms with Crippen LogP contribution < -0.4 is 33.6 Å². The Morgan fingerprint density at radius 3 is 1.88 bits per heavy atom. The summed E-state index contributed by atoms with van der Waals surface area (Å²) in [6.45, 7) is 0.816. The molecular formula is C27H22Cl2LiO3P. The third-order valence-corrected chi connectivity index (χ3v) is 6.67. The van der Waals surface area contributed by atoms with E-state index in [1.165, 1.54) is 0 Å². The molecule has 168 valence electrons. The maximum atomic E-state index is 13.0. The number of carbonyl (C=O) groups excluding carboxylic acids is 1. The first-order valence-electron chi connectivity index (χ1n) is 10.3. The quantitative estimate of drug-likeness (QED) is 0.251. The summed E-state index contributed by atoms with van der Waals surface area (Å²) in [7, 11) is -0.202. The molecule has 4 aromatic carbocycles. The fourth-order valence-corrected chi connectivity index (χ4v) is 4.99. The molecule has 0 aromatic heterocycles. The van der Waals surface area contributed by atoms with E-state index in [9.17, 15) is 4.79 Å². The van der Waals surface area contributed by atoms with Crippen LogP contribution >= 0.6 is 31.8 Å². The number of carbonyl (C=O) groups is 1. The summed E-state index contributed by atoms with van der Waals surface area (Å²) in [6, 6.07) is 30.4. The zero-order valence-corrected chi connectivity index (χ0v) is 21.1. The topological polar surface area (TPSA) is 35.5 Å². The van der Waals surface area contributed by atoms with E-state index in [2.05, 4.69) is 0 Å². The van der Waals surface area contributed by atoms with Crippen molar-refractivity contribution in [2.45, 2.75) is 13.2 Å². The molecule has 0 aliphatic carbocycles. The molecule has 0 heterocycles. The average Bonchev–Trinajstić information content (AvgIpc) is 2.83. The van der Waals surface area contributed by atoms with Crippen molar-refractivity contribution >= 4 is 42.6 Å². The summed E-state index contributed by atoms with van der Waals surface area (Å²) in [4.78, 5) is 13.0. The second kappa shape index (κ2) is 13.0. The minimum atomic E-state index is -0.202. The molecule has 1 atom stereocenters. The number of halogens is 2. The van der Waals surface area contributed by atoms with E-state index >= 15 is 0 Å². The standard InChI is InChI=1S/C27H21Cl2O3P.Li.H/c28-22-12-7-13-23(29)26(22)27(30)33-25-15-14-21(31-17-19-8-3-1-4-9-19)16-24(25)32-18-20-10-5-2-6-11-20;;/h1-16,33H,17-18H2;;/q;+1;-1. The fourth-order valence-electron chi connectivity index (χ4n) is 3.19. The zero-order valence-electron chi connectivity index (χ0n) is 19.6. The number of hydrogen-bond acceptors (Lipinski definition) is 3. The number of hydrogen-bond donors (Lipinski definition) is 0. The summed E-state index contributed by atoms with van der Waals surface area (Å²) in [5.74, 6) is 1.26. The van der Waals surface area contributed by atoms with Crippen molar-refractivity contribution in [1.29, 1.82) is 0 Å². The zero-order chi connectivity index (χ0) is 23.0.